The molecular weight excluding hydrogens is 562 g/mol. The lowest BCUT2D eigenvalue weighted by molar-refractivity contribution is -0.0152. The molecule has 1 aromatic carbocycles. The van der Waals surface area contributed by atoms with Crippen LogP contribution in [-0.2, 0) is 34.0 Å². The quantitative estimate of drug-likeness (QED) is 0.180. The van der Waals surface area contributed by atoms with Crippen molar-refractivity contribution in [1.29, 1.82) is 0 Å². The molecule has 1 aliphatic heterocycles. The van der Waals surface area contributed by atoms with Crippen molar-refractivity contribution in [2.24, 2.45) is 5.92 Å². The predicted molar refractivity (Wildman–Crippen MR) is 170 cm³/mol. The summed E-state index contributed by atoms with van der Waals surface area (Å²) >= 11 is 0. The minimum atomic E-state index is -0.0764. The smallest absolute Gasteiger partial charge is 0.320 e. The number of nitrogens with zero attached hydrogens (tertiary/aromatic N) is 3. The van der Waals surface area contributed by atoms with E-state index in [1.54, 1.807) is 7.11 Å². The van der Waals surface area contributed by atoms with E-state index in [1.165, 1.54) is 24.8 Å². The maximum atomic E-state index is 13.8. The summed E-state index contributed by atoms with van der Waals surface area (Å²) in [5.74, 6) is 0.654. The van der Waals surface area contributed by atoms with Crippen LogP contribution in [0, 0.1) is 5.92 Å². The maximum Gasteiger partial charge on any atom is 0.320 e. The summed E-state index contributed by atoms with van der Waals surface area (Å²) in [5, 5.41) is 0. The molecule has 250 valence electrons. The number of ether oxygens (including phenoxy) is 6. The third kappa shape index (κ3) is 9.61. The lowest BCUT2D eigenvalue weighted by atomic mass is 9.68. The summed E-state index contributed by atoms with van der Waals surface area (Å²) in [6.45, 7) is 8.28. The topological polar surface area (TPSA) is 82.2 Å². The van der Waals surface area contributed by atoms with Gasteiger partial charge in [0.15, 0.2) is 0 Å². The number of carbonyl (C=O) groups excluding carboxylic acids is 1. The van der Waals surface area contributed by atoms with E-state index in [4.69, 9.17) is 28.4 Å². The third-order valence-corrected chi connectivity index (χ3v) is 9.83. The number of hydrogen-bond acceptors (Lipinski definition) is 8. The van der Waals surface area contributed by atoms with E-state index in [0.717, 1.165) is 38.8 Å². The molecule has 0 radical (unpaired) electrons. The van der Waals surface area contributed by atoms with Crippen LogP contribution < -0.4 is 0 Å². The van der Waals surface area contributed by atoms with Crippen molar-refractivity contribution in [3.63, 3.8) is 0 Å². The van der Waals surface area contributed by atoms with E-state index in [1.807, 2.05) is 4.90 Å². The summed E-state index contributed by atoms with van der Waals surface area (Å²) in [6, 6.07) is 11.1. The largest absolute Gasteiger partial charge is 0.382 e. The molecule has 3 fully saturated rings. The van der Waals surface area contributed by atoms with Crippen LogP contribution in [0.3, 0.4) is 0 Å². The lowest BCUT2D eigenvalue weighted by Crippen LogP contribution is -2.56. The molecule has 44 heavy (non-hydrogen) atoms. The third-order valence-electron chi connectivity index (χ3n) is 9.83. The number of urea groups is 1. The number of methoxy groups -OCH3 is 1. The Morgan fingerprint density at radius 2 is 1.27 bits per heavy atom. The van der Waals surface area contributed by atoms with Gasteiger partial charge in [0.25, 0.3) is 0 Å². The zero-order valence-electron chi connectivity index (χ0n) is 27.5. The fourth-order valence-electron chi connectivity index (χ4n) is 6.86. The van der Waals surface area contributed by atoms with Crippen molar-refractivity contribution >= 4 is 6.03 Å². The first-order chi connectivity index (χ1) is 21.5. The van der Waals surface area contributed by atoms with Gasteiger partial charge >= 0.3 is 6.03 Å². The zero-order chi connectivity index (χ0) is 31.1. The molecule has 0 bridgehead atoms. The van der Waals surface area contributed by atoms with E-state index in [9.17, 15) is 4.79 Å². The van der Waals surface area contributed by atoms with E-state index in [0.29, 0.717) is 85.1 Å². The van der Waals surface area contributed by atoms with E-state index < -0.39 is 0 Å². The first-order valence-electron chi connectivity index (χ1n) is 16.7. The fraction of sp³-hybridized carbons (Fsp3) is 0.794. The predicted octanol–water partition coefficient (Wildman–Crippen LogP) is 4.02. The molecule has 10 heteroatoms. The molecule has 3 aliphatic rings. The summed E-state index contributed by atoms with van der Waals surface area (Å²) in [4.78, 5) is 20.5. The van der Waals surface area contributed by atoms with Crippen LogP contribution in [0.25, 0.3) is 0 Å². The number of amides is 2. The lowest BCUT2D eigenvalue weighted by Gasteiger charge is -2.51. The average molecular weight is 620 g/mol. The fourth-order valence-corrected chi connectivity index (χ4v) is 6.86. The molecule has 2 aliphatic carbocycles. The van der Waals surface area contributed by atoms with Crippen molar-refractivity contribution in [3.8, 4) is 0 Å². The second-order valence-electron chi connectivity index (χ2n) is 12.7. The normalized spacial score (nSPS) is 24.1. The van der Waals surface area contributed by atoms with E-state index >= 15 is 0 Å². The van der Waals surface area contributed by atoms with Gasteiger partial charge in [-0.15, -0.1) is 0 Å². The highest BCUT2D eigenvalue weighted by Crippen LogP contribution is 2.49. The van der Waals surface area contributed by atoms with Gasteiger partial charge in [-0.25, -0.2) is 4.79 Å². The van der Waals surface area contributed by atoms with Gasteiger partial charge in [0, 0.05) is 32.3 Å². The van der Waals surface area contributed by atoms with Gasteiger partial charge in [-0.2, -0.15) is 0 Å². The van der Waals surface area contributed by atoms with Gasteiger partial charge < -0.3 is 38.2 Å². The molecule has 1 aromatic rings. The number of carbonyl (C=O) groups is 1. The van der Waals surface area contributed by atoms with Crippen LogP contribution in [0.4, 0.5) is 4.79 Å². The second-order valence-corrected chi connectivity index (χ2v) is 12.7. The van der Waals surface area contributed by atoms with Crippen LogP contribution in [0.5, 0.6) is 0 Å². The Morgan fingerprint density at radius 1 is 0.750 bits per heavy atom. The highest BCUT2D eigenvalue weighted by atomic mass is 16.6. The molecule has 2 saturated carbocycles. The summed E-state index contributed by atoms with van der Waals surface area (Å²) < 4.78 is 32.8. The Hall–Kier alpha value is -1.79. The van der Waals surface area contributed by atoms with Gasteiger partial charge in [-0.05, 0) is 64.1 Å². The molecule has 0 aromatic heterocycles. The summed E-state index contributed by atoms with van der Waals surface area (Å²) in [6.07, 6.45) is 7.96. The Kier molecular flexibility index (Phi) is 14.6. The Balaban J connectivity index is 1.12. The molecule has 1 saturated heterocycles. The zero-order valence-corrected chi connectivity index (χ0v) is 27.5. The molecule has 0 unspecified atom stereocenters. The Bertz CT molecular complexity index is 938. The molecule has 4 rings (SSSR count). The van der Waals surface area contributed by atoms with Crippen LogP contribution in [0.2, 0.25) is 0 Å². The minimum Gasteiger partial charge on any atom is -0.382 e. The van der Waals surface area contributed by atoms with Gasteiger partial charge in [0.05, 0.1) is 78.2 Å². The average Bonchev–Trinajstić information content (AvgIpc) is 3.26. The molecule has 10 nitrogen and oxygen atoms in total. The number of benzene rings is 1. The highest BCUT2D eigenvalue weighted by Gasteiger charge is 2.54. The van der Waals surface area contributed by atoms with Crippen molar-refractivity contribution < 1.29 is 33.2 Å². The number of hydrogen-bond donors (Lipinski definition) is 0. The van der Waals surface area contributed by atoms with Crippen LogP contribution >= 0.6 is 0 Å². The highest BCUT2D eigenvalue weighted by molar-refractivity contribution is 5.78. The number of rotatable bonds is 22. The molecule has 0 atom stereocenters. The van der Waals surface area contributed by atoms with Gasteiger partial charge in [0.2, 0.25) is 0 Å². The standard InChI is InChI=1S/C34H57N3O7/c1-35(2)34(31-10-5-4-6-11-31)14-12-33(13-15-34)29-36(32(38)37(33)28-30-8-7-9-30)16-17-40-20-21-42-24-25-44-27-26-43-23-22-41-19-18-39-3/h4-6,10-11,30H,7-9,12-29H2,1-3H3/t33-,34+. The Labute approximate surface area is 265 Å². The minimum absolute atomic E-state index is 0.0204. The molecule has 0 N–H and O–H groups in total. The van der Waals surface area contributed by atoms with Crippen LogP contribution in [0.1, 0.15) is 50.5 Å². The first-order valence-corrected chi connectivity index (χ1v) is 16.7. The van der Waals surface area contributed by atoms with Crippen LogP contribution in [0.15, 0.2) is 30.3 Å². The second kappa shape index (κ2) is 18.4. The van der Waals surface area contributed by atoms with Crippen LogP contribution in [-0.4, -0.2) is 140 Å². The molecule has 2 amide bonds. The van der Waals surface area contributed by atoms with Gasteiger partial charge in [-0.3, -0.25) is 4.90 Å². The molecule has 1 heterocycles. The maximum absolute atomic E-state index is 13.8. The van der Waals surface area contributed by atoms with Crippen molar-refractivity contribution in [2.75, 3.05) is 114 Å². The molecule has 1 spiro atoms. The van der Waals surface area contributed by atoms with Crippen molar-refractivity contribution in [3.05, 3.63) is 35.9 Å². The summed E-state index contributed by atoms with van der Waals surface area (Å²) in [5.41, 5.74) is 1.33. The van der Waals surface area contributed by atoms with E-state index in [-0.39, 0.29) is 17.1 Å². The van der Waals surface area contributed by atoms with Crippen molar-refractivity contribution in [1.82, 2.24) is 14.7 Å². The SMILES string of the molecule is COCCOCCOCCOCCOCCOCCN1C[C@]2(CC[C@](c3ccccc3)(N(C)C)CC2)N(CC2CCC2)C1=O. The molecular formula is C34H57N3O7. The monoisotopic (exact) mass is 619 g/mol. The van der Waals surface area contributed by atoms with Gasteiger partial charge in [0.1, 0.15) is 0 Å². The first kappa shape index (κ1) is 35.1. The van der Waals surface area contributed by atoms with Gasteiger partial charge in [-0.1, -0.05) is 36.8 Å². The van der Waals surface area contributed by atoms with Crippen molar-refractivity contribution in [2.45, 2.75) is 56.0 Å². The summed E-state index contributed by atoms with van der Waals surface area (Å²) in [7, 11) is 6.07. The van der Waals surface area contributed by atoms with E-state index in [2.05, 4.69) is 54.2 Å². The Morgan fingerprint density at radius 3 is 1.75 bits per heavy atom.